The Morgan fingerprint density at radius 1 is 0.850 bits per heavy atom. The maximum atomic E-state index is 14.0. The van der Waals surface area contributed by atoms with Crippen molar-refractivity contribution < 1.29 is 18.0 Å². The Bertz CT molecular complexity index is 1410. The lowest BCUT2D eigenvalue weighted by Gasteiger charge is -2.33. The average molecular weight is 564 g/mol. The second kappa shape index (κ2) is 12.7. The molecule has 0 aliphatic heterocycles. The molecule has 0 saturated carbocycles. The van der Waals surface area contributed by atoms with Crippen LogP contribution in [-0.4, -0.2) is 49.8 Å². The molecule has 0 aliphatic carbocycles. The summed E-state index contributed by atoms with van der Waals surface area (Å²) in [5.41, 5.74) is 3.62. The number of amides is 2. The van der Waals surface area contributed by atoms with Crippen molar-refractivity contribution >= 4 is 27.5 Å². The van der Waals surface area contributed by atoms with Crippen molar-refractivity contribution in [3.05, 3.63) is 95.1 Å². The molecule has 0 heterocycles. The SMILES string of the molecule is Cc1ccc(S(=O)(=O)N(CC(=O)N(CCc2ccccc2)[C@H](C)C(=O)NC(C)(C)C)c2cc(C)cc(C)c2)cc1. The quantitative estimate of drug-likeness (QED) is 0.368. The number of sulfonamides is 1. The lowest BCUT2D eigenvalue weighted by atomic mass is 10.1. The molecule has 214 valence electrons. The van der Waals surface area contributed by atoms with Crippen LogP contribution in [0.3, 0.4) is 0 Å². The molecule has 0 spiro atoms. The molecule has 0 fully saturated rings. The van der Waals surface area contributed by atoms with Gasteiger partial charge in [-0.15, -0.1) is 0 Å². The monoisotopic (exact) mass is 563 g/mol. The third-order valence-electron chi connectivity index (χ3n) is 6.53. The maximum Gasteiger partial charge on any atom is 0.264 e. The normalized spacial score (nSPS) is 12.5. The zero-order valence-electron chi connectivity index (χ0n) is 24.6. The van der Waals surface area contributed by atoms with Gasteiger partial charge in [-0.1, -0.05) is 54.1 Å². The van der Waals surface area contributed by atoms with Gasteiger partial charge < -0.3 is 10.2 Å². The first kappa shape index (κ1) is 30.9. The van der Waals surface area contributed by atoms with E-state index in [1.807, 2.05) is 77.9 Å². The van der Waals surface area contributed by atoms with Crippen LogP contribution in [0, 0.1) is 20.8 Å². The summed E-state index contributed by atoms with van der Waals surface area (Å²) >= 11 is 0. The molecule has 0 aliphatic rings. The number of nitrogens with one attached hydrogen (secondary N) is 1. The van der Waals surface area contributed by atoms with Gasteiger partial charge in [0.2, 0.25) is 11.8 Å². The number of hydrogen-bond acceptors (Lipinski definition) is 4. The summed E-state index contributed by atoms with van der Waals surface area (Å²) in [5.74, 6) is -0.754. The summed E-state index contributed by atoms with van der Waals surface area (Å²) in [7, 11) is -4.09. The van der Waals surface area contributed by atoms with Crippen LogP contribution >= 0.6 is 0 Å². The van der Waals surface area contributed by atoms with Crippen molar-refractivity contribution in [3.63, 3.8) is 0 Å². The van der Waals surface area contributed by atoms with Crippen LogP contribution in [0.5, 0.6) is 0 Å². The van der Waals surface area contributed by atoms with E-state index in [0.717, 1.165) is 26.6 Å². The van der Waals surface area contributed by atoms with Gasteiger partial charge in [-0.2, -0.15) is 0 Å². The van der Waals surface area contributed by atoms with E-state index in [0.29, 0.717) is 12.1 Å². The first-order valence-corrected chi connectivity index (χ1v) is 14.9. The number of benzene rings is 3. The molecule has 0 saturated heterocycles. The van der Waals surface area contributed by atoms with Crippen LogP contribution < -0.4 is 9.62 Å². The van der Waals surface area contributed by atoms with Crippen molar-refractivity contribution in [2.24, 2.45) is 0 Å². The largest absolute Gasteiger partial charge is 0.350 e. The summed E-state index contributed by atoms with van der Waals surface area (Å²) in [4.78, 5) is 28.8. The van der Waals surface area contributed by atoms with Crippen LogP contribution in [0.2, 0.25) is 0 Å². The lowest BCUT2D eigenvalue weighted by Crippen LogP contribution is -2.55. The van der Waals surface area contributed by atoms with Crippen LogP contribution in [-0.2, 0) is 26.0 Å². The highest BCUT2D eigenvalue weighted by atomic mass is 32.2. The number of hydrogen-bond donors (Lipinski definition) is 1. The lowest BCUT2D eigenvalue weighted by molar-refractivity contribution is -0.139. The van der Waals surface area contributed by atoms with Gasteiger partial charge in [0.25, 0.3) is 10.0 Å². The number of carbonyl (C=O) groups excluding carboxylic acids is 2. The van der Waals surface area contributed by atoms with Crippen LogP contribution in [0.15, 0.2) is 77.7 Å². The minimum atomic E-state index is -4.09. The molecule has 0 radical (unpaired) electrons. The van der Waals surface area contributed by atoms with Gasteiger partial charge in [0.15, 0.2) is 0 Å². The summed E-state index contributed by atoms with van der Waals surface area (Å²) in [6, 6.07) is 20.9. The van der Waals surface area contributed by atoms with E-state index in [9.17, 15) is 18.0 Å². The van der Waals surface area contributed by atoms with Crippen LogP contribution in [0.4, 0.5) is 5.69 Å². The molecule has 1 atom stereocenters. The molecule has 40 heavy (non-hydrogen) atoms. The standard InChI is InChI=1S/C32H41N3O4S/c1-23-13-15-29(16-14-23)40(38,39)35(28-20-24(2)19-25(3)21-28)22-30(36)34(18-17-27-11-9-8-10-12-27)26(4)31(37)33-32(5,6)7/h8-16,19-21,26H,17-18,22H2,1-7H3,(H,33,37)/t26-/m1/s1. The Morgan fingerprint density at radius 3 is 1.98 bits per heavy atom. The van der Waals surface area contributed by atoms with Crippen molar-refractivity contribution in [1.29, 1.82) is 0 Å². The molecular formula is C32H41N3O4S. The smallest absolute Gasteiger partial charge is 0.264 e. The third-order valence-corrected chi connectivity index (χ3v) is 8.32. The second-order valence-corrected chi connectivity index (χ2v) is 13.3. The molecule has 8 heteroatoms. The van der Waals surface area contributed by atoms with Gasteiger partial charge in [0.1, 0.15) is 12.6 Å². The minimum absolute atomic E-state index is 0.0967. The van der Waals surface area contributed by atoms with Crippen LogP contribution in [0.1, 0.15) is 49.9 Å². The third kappa shape index (κ3) is 8.18. The first-order chi connectivity index (χ1) is 18.7. The van der Waals surface area contributed by atoms with Gasteiger partial charge in [0.05, 0.1) is 10.6 Å². The van der Waals surface area contributed by atoms with E-state index in [4.69, 9.17) is 0 Å². The number of nitrogens with zero attached hydrogens (tertiary/aromatic N) is 2. The van der Waals surface area contributed by atoms with E-state index in [1.54, 1.807) is 43.3 Å². The summed E-state index contributed by atoms with van der Waals surface area (Å²) < 4.78 is 29.1. The van der Waals surface area contributed by atoms with E-state index < -0.39 is 34.1 Å². The molecule has 7 nitrogen and oxygen atoms in total. The molecule has 3 aromatic rings. The molecule has 3 aromatic carbocycles. The van der Waals surface area contributed by atoms with E-state index >= 15 is 0 Å². The maximum absolute atomic E-state index is 14.0. The van der Waals surface area contributed by atoms with E-state index in [2.05, 4.69) is 5.32 Å². The molecule has 1 N–H and O–H groups in total. The Labute approximate surface area is 239 Å². The van der Waals surface area contributed by atoms with Crippen molar-refractivity contribution in [1.82, 2.24) is 10.2 Å². The van der Waals surface area contributed by atoms with Crippen molar-refractivity contribution in [2.75, 3.05) is 17.4 Å². The van der Waals surface area contributed by atoms with Gasteiger partial charge >= 0.3 is 0 Å². The molecule has 0 bridgehead atoms. The summed E-state index contributed by atoms with van der Waals surface area (Å²) in [6.07, 6.45) is 0.522. The molecule has 2 amide bonds. The molecule has 3 rings (SSSR count). The Balaban J connectivity index is 2.02. The number of carbonyl (C=O) groups is 2. The number of aryl methyl sites for hydroxylation is 3. The minimum Gasteiger partial charge on any atom is -0.350 e. The Hall–Kier alpha value is -3.65. The highest BCUT2D eigenvalue weighted by Crippen LogP contribution is 2.27. The fourth-order valence-electron chi connectivity index (χ4n) is 4.50. The highest BCUT2D eigenvalue weighted by Gasteiger charge is 2.33. The Morgan fingerprint density at radius 2 is 1.43 bits per heavy atom. The highest BCUT2D eigenvalue weighted by molar-refractivity contribution is 7.92. The van der Waals surface area contributed by atoms with Crippen molar-refractivity contribution in [3.8, 4) is 0 Å². The summed E-state index contributed by atoms with van der Waals surface area (Å²) in [6.45, 7) is 12.8. The zero-order valence-corrected chi connectivity index (χ0v) is 25.4. The topological polar surface area (TPSA) is 86.8 Å². The van der Waals surface area contributed by atoms with Gasteiger partial charge in [-0.25, -0.2) is 8.42 Å². The zero-order chi connectivity index (χ0) is 29.7. The predicted octanol–water partition coefficient (Wildman–Crippen LogP) is 5.18. The average Bonchev–Trinajstić information content (AvgIpc) is 2.86. The Kier molecular flexibility index (Phi) is 9.79. The first-order valence-electron chi connectivity index (χ1n) is 13.5. The number of anilines is 1. The number of rotatable bonds is 10. The van der Waals surface area contributed by atoms with Gasteiger partial charge in [-0.05, 0) is 95.8 Å². The fraction of sp³-hybridized carbons (Fsp3) is 0.375. The summed E-state index contributed by atoms with van der Waals surface area (Å²) in [5, 5.41) is 2.95. The van der Waals surface area contributed by atoms with E-state index in [1.165, 1.54) is 4.90 Å². The molecular weight excluding hydrogens is 522 g/mol. The van der Waals surface area contributed by atoms with Crippen molar-refractivity contribution in [2.45, 2.75) is 71.4 Å². The predicted molar refractivity (Wildman–Crippen MR) is 161 cm³/mol. The van der Waals surface area contributed by atoms with E-state index in [-0.39, 0.29) is 17.3 Å². The molecule has 0 unspecified atom stereocenters. The fourth-order valence-corrected chi connectivity index (χ4v) is 5.90. The second-order valence-electron chi connectivity index (χ2n) is 11.4. The van der Waals surface area contributed by atoms with Crippen LogP contribution in [0.25, 0.3) is 0 Å². The van der Waals surface area contributed by atoms with Gasteiger partial charge in [0, 0.05) is 12.1 Å². The molecule has 0 aromatic heterocycles. The van der Waals surface area contributed by atoms with Gasteiger partial charge in [-0.3, -0.25) is 13.9 Å².